The molecule has 1 aromatic carbocycles. The minimum atomic E-state index is -0.733. The van der Waals surface area contributed by atoms with E-state index in [9.17, 15) is 10.0 Å². The zero-order valence-corrected chi connectivity index (χ0v) is 12.7. The lowest BCUT2D eigenvalue weighted by Crippen LogP contribution is -2.57. The van der Waals surface area contributed by atoms with Crippen molar-refractivity contribution in [1.82, 2.24) is 10.1 Å². The predicted octanol–water partition coefficient (Wildman–Crippen LogP) is 2.22. The lowest BCUT2D eigenvalue weighted by Gasteiger charge is -2.34. The van der Waals surface area contributed by atoms with Crippen molar-refractivity contribution in [2.75, 3.05) is 5.32 Å². The number of anilines is 1. The number of para-hydroxylation sites is 1. The van der Waals surface area contributed by atoms with E-state index in [1.54, 1.807) is 24.3 Å². The third kappa shape index (κ3) is 2.88. The summed E-state index contributed by atoms with van der Waals surface area (Å²) in [7, 11) is 0. The van der Waals surface area contributed by atoms with Crippen LogP contribution in [0.4, 0.5) is 10.5 Å². The summed E-state index contributed by atoms with van der Waals surface area (Å²) in [6.45, 7) is 3.72. The fourth-order valence-corrected chi connectivity index (χ4v) is 3.71. The third-order valence-electron chi connectivity index (χ3n) is 2.91. The van der Waals surface area contributed by atoms with E-state index in [1.165, 1.54) is 16.8 Å². The van der Waals surface area contributed by atoms with Crippen LogP contribution in [0.15, 0.2) is 30.3 Å². The third-order valence-corrected chi connectivity index (χ3v) is 4.49. The summed E-state index contributed by atoms with van der Waals surface area (Å²) in [5.41, 5.74) is 0.589. The van der Waals surface area contributed by atoms with E-state index in [0.29, 0.717) is 15.1 Å². The van der Waals surface area contributed by atoms with Crippen LogP contribution in [-0.4, -0.2) is 36.5 Å². The van der Waals surface area contributed by atoms with Gasteiger partial charge >= 0.3 is 6.03 Å². The Labute approximate surface area is 126 Å². The molecule has 1 aromatic rings. The molecule has 0 aliphatic carbocycles. The van der Waals surface area contributed by atoms with Crippen molar-refractivity contribution in [3.63, 3.8) is 0 Å². The molecule has 1 aliphatic rings. The fraction of sp³-hybridized carbons (Fsp3) is 0.333. The number of rotatable bonds is 2. The quantitative estimate of drug-likeness (QED) is 0.336. The van der Waals surface area contributed by atoms with E-state index in [0.717, 1.165) is 0 Å². The Kier molecular flexibility index (Phi) is 4.19. The number of thiocarbonyl (C=S) groups is 1. The van der Waals surface area contributed by atoms with Crippen molar-refractivity contribution in [3.8, 4) is 0 Å². The topological polar surface area (TPSA) is 81.8 Å². The maximum absolute atomic E-state index is 12.1. The van der Waals surface area contributed by atoms with Gasteiger partial charge in [0, 0.05) is 5.69 Å². The van der Waals surface area contributed by atoms with Crippen LogP contribution in [0, 0.1) is 0 Å². The first-order chi connectivity index (χ1) is 9.33. The number of hydroxylamine groups is 2. The molecule has 6 nitrogen and oxygen atoms in total. The second kappa shape index (κ2) is 5.57. The van der Waals surface area contributed by atoms with Crippen molar-refractivity contribution < 1.29 is 10.0 Å². The number of urea groups is 1. The van der Waals surface area contributed by atoms with Crippen molar-refractivity contribution in [1.29, 1.82) is 0 Å². The predicted molar refractivity (Wildman–Crippen MR) is 83.2 cm³/mol. The molecule has 20 heavy (non-hydrogen) atoms. The molecule has 0 bridgehead atoms. The number of carbonyl (C=O) groups is 1. The molecule has 2 amide bonds. The summed E-state index contributed by atoms with van der Waals surface area (Å²) in [4.78, 5) is 12.1. The molecule has 1 saturated heterocycles. The van der Waals surface area contributed by atoms with Crippen LogP contribution in [-0.2, 0) is 0 Å². The fourth-order valence-electron chi connectivity index (χ4n) is 1.99. The lowest BCUT2D eigenvalue weighted by molar-refractivity contribution is -0.114. The number of nitrogens with two attached hydrogens (primary N) is 1. The zero-order valence-electron chi connectivity index (χ0n) is 11.1. The average Bonchev–Trinajstić information content (AvgIpc) is 2.58. The van der Waals surface area contributed by atoms with Crippen LogP contribution < -0.4 is 11.2 Å². The molecule has 0 spiro atoms. The number of thioether (sulfide) groups is 1. The first-order valence-corrected chi connectivity index (χ1v) is 7.16. The molecule has 0 unspecified atom stereocenters. The molecule has 0 saturated carbocycles. The largest absolute Gasteiger partial charge is 0.347 e. The summed E-state index contributed by atoms with van der Waals surface area (Å²) in [6, 6.07) is 8.21. The Hall–Kier alpha value is -1.35. The number of hydrogen-bond acceptors (Lipinski definition) is 5. The molecule has 1 fully saturated rings. The van der Waals surface area contributed by atoms with Crippen molar-refractivity contribution in [3.05, 3.63) is 30.3 Å². The summed E-state index contributed by atoms with van der Waals surface area (Å²) in [5, 5.41) is 14.5. The zero-order chi connectivity index (χ0) is 14.9. The van der Waals surface area contributed by atoms with Crippen LogP contribution in [0.25, 0.3) is 0 Å². The average molecular weight is 312 g/mol. The van der Waals surface area contributed by atoms with E-state index in [-0.39, 0.29) is 0 Å². The van der Waals surface area contributed by atoms with Gasteiger partial charge in [-0.1, -0.05) is 42.2 Å². The van der Waals surface area contributed by atoms with Gasteiger partial charge in [-0.3, -0.25) is 10.2 Å². The number of carbonyl (C=O) groups excluding carboxylic acids is 1. The Morgan fingerprint density at radius 2 is 2.10 bits per heavy atom. The maximum atomic E-state index is 12.1. The van der Waals surface area contributed by atoms with Gasteiger partial charge in [-0.2, -0.15) is 5.06 Å². The van der Waals surface area contributed by atoms with Gasteiger partial charge < -0.3 is 5.32 Å². The Bertz CT molecular complexity index is 523. The molecule has 4 N–H and O–H groups in total. The lowest BCUT2D eigenvalue weighted by atomic mass is 10.1. The van der Waals surface area contributed by atoms with Crippen molar-refractivity contribution in [2.24, 2.45) is 5.84 Å². The van der Waals surface area contributed by atoms with Crippen LogP contribution in [0.5, 0.6) is 0 Å². The second-order valence-corrected chi connectivity index (χ2v) is 7.18. The highest BCUT2D eigenvalue weighted by Gasteiger charge is 2.48. The van der Waals surface area contributed by atoms with Gasteiger partial charge in [0.05, 0.1) is 4.75 Å². The van der Waals surface area contributed by atoms with E-state index in [1.807, 2.05) is 19.9 Å². The molecule has 1 atom stereocenters. The van der Waals surface area contributed by atoms with Crippen LogP contribution >= 0.6 is 24.0 Å². The minimum absolute atomic E-state index is 0.437. The number of nitrogens with one attached hydrogen (secondary N) is 1. The first-order valence-electron chi connectivity index (χ1n) is 5.94. The highest BCUT2D eigenvalue weighted by molar-refractivity contribution is 8.24. The summed E-state index contributed by atoms with van der Waals surface area (Å²) >= 11 is 6.44. The molecule has 1 aliphatic heterocycles. The monoisotopic (exact) mass is 312 g/mol. The van der Waals surface area contributed by atoms with E-state index in [4.69, 9.17) is 18.1 Å². The molecule has 0 aromatic heterocycles. The summed E-state index contributed by atoms with van der Waals surface area (Å²) < 4.78 is -0.0687. The smallest absolute Gasteiger partial charge is 0.306 e. The Balaban J connectivity index is 2.12. The maximum Gasteiger partial charge on any atom is 0.347 e. The number of hydrogen-bond donors (Lipinski definition) is 3. The number of hydrazine groups is 1. The van der Waals surface area contributed by atoms with Gasteiger partial charge in [-0.15, -0.1) is 0 Å². The van der Waals surface area contributed by atoms with E-state index in [2.05, 4.69) is 5.32 Å². The number of benzene rings is 1. The summed E-state index contributed by atoms with van der Waals surface area (Å²) in [6.07, 6.45) is -0.733. The van der Waals surface area contributed by atoms with Gasteiger partial charge in [0.2, 0.25) is 0 Å². The second-order valence-electron chi connectivity index (χ2n) is 4.89. The molecule has 8 heteroatoms. The van der Waals surface area contributed by atoms with Crippen molar-refractivity contribution in [2.45, 2.75) is 24.8 Å². The molecular weight excluding hydrogens is 296 g/mol. The molecule has 0 radical (unpaired) electrons. The number of amides is 2. The Morgan fingerprint density at radius 1 is 1.50 bits per heavy atom. The number of nitrogens with zero attached hydrogens (tertiary/aromatic N) is 2. The first kappa shape index (κ1) is 15.0. The van der Waals surface area contributed by atoms with Crippen LogP contribution in [0.2, 0.25) is 0 Å². The van der Waals surface area contributed by atoms with Gasteiger partial charge in [0.1, 0.15) is 0 Å². The van der Waals surface area contributed by atoms with E-state index >= 15 is 0 Å². The van der Waals surface area contributed by atoms with E-state index < -0.39 is 16.9 Å². The SMILES string of the molecule is CC1(C)SC(=S)N(N)[C@@H]1N(O)C(=O)Nc1ccccc1. The van der Waals surface area contributed by atoms with Gasteiger partial charge in [0.25, 0.3) is 0 Å². The molecule has 1 heterocycles. The highest BCUT2D eigenvalue weighted by atomic mass is 32.2. The van der Waals surface area contributed by atoms with Crippen LogP contribution in [0.3, 0.4) is 0 Å². The van der Waals surface area contributed by atoms with Gasteiger partial charge in [-0.05, 0) is 26.0 Å². The van der Waals surface area contributed by atoms with Crippen molar-refractivity contribution >= 4 is 40.0 Å². The molecular formula is C12H16N4O2S2. The van der Waals surface area contributed by atoms with Gasteiger partial charge in [-0.25, -0.2) is 10.6 Å². The highest BCUT2D eigenvalue weighted by Crippen LogP contribution is 2.40. The standard InChI is InChI=1S/C12H16N4O2S2/c1-12(2)9(15(13)11(19)20-12)16(18)10(17)14-8-6-4-3-5-7-8/h3-7,9,18H,13H2,1-2H3,(H,14,17)/t9-/m1/s1. The van der Waals surface area contributed by atoms with Gasteiger partial charge in [0.15, 0.2) is 10.5 Å². The molecule has 2 rings (SSSR count). The van der Waals surface area contributed by atoms with Crippen LogP contribution in [0.1, 0.15) is 13.8 Å². The molecule has 108 valence electrons. The minimum Gasteiger partial charge on any atom is -0.306 e. The summed E-state index contributed by atoms with van der Waals surface area (Å²) in [5.74, 6) is 5.82. The normalized spacial score (nSPS) is 20.9. The Morgan fingerprint density at radius 3 is 2.60 bits per heavy atom.